The molecule has 2 saturated heterocycles. The first-order chi connectivity index (χ1) is 7.68. The summed E-state index contributed by atoms with van der Waals surface area (Å²) in [6, 6.07) is 0.299. The number of hydrogen-bond donors (Lipinski definition) is 2. The van der Waals surface area contributed by atoms with E-state index in [0.717, 1.165) is 26.1 Å². The number of carboxylic acids is 1. The second-order valence-corrected chi connectivity index (χ2v) is 5.11. The van der Waals surface area contributed by atoms with Crippen LogP contribution < -0.4 is 5.32 Å². The number of nitrogens with zero attached hydrogens (tertiary/aromatic N) is 1. The minimum absolute atomic E-state index is 0.329. The smallest absolute Gasteiger partial charge is 0.320 e. The molecule has 0 bridgehead atoms. The zero-order valence-corrected chi connectivity index (χ0v) is 9.98. The maximum absolute atomic E-state index is 11.0. The van der Waals surface area contributed by atoms with Crippen molar-refractivity contribution in [3.8, 4) is 0 Å². The number of carbonyl (C=O) groups is 1. The predicted octanol–water partition coefficient (Wildman–Crippen LogP) is 0.924. The van der Waals surface area contributed by atoms with Crippen LogP contribution in [-0.2, 0) is 4.79 Å². The highest BCUT2D eigenvalue weighted by molar-refractivity contribution is 5.72. The van der Waals surface area contributed by atoms with Crippen molar-refractivity contribution in [2.24, 2.45) is 5.92 Å². The molecule has 4 nitrogen and oxygen atoms in total. The Labute approximate surface area is 97.0 Å². The Morgan fingerprint density at radius 3 is 2.88 bits per heavy atom. The molecule has 2 N–H and O–H groups in total. The summed E-state index contributed by atoms with van der Waals surface area (Å²) in [4.78, 5) is 13.1. The van der Waals surface area contributed by atoms with E-state index in [0.29, 0.717) is 12.0 Å². The summed E-state index contributed by atoms with van der Waals surface area (Å²) in [5, 5.41) is 12.6. The molecule has 2 aliphatic heterocycles. The van der Waals surface area contributed by atoms with Crippen LogP contribution in [0.2, 0.25) is 0 Å². The molecule has 2 heterocycles. The van der Waals surface area contributed by atoms with Crippen LogP contribution in [0.25, 0.3) is 0 Å². The average molecular weight is 226 g/mol. The van der Waals surface area contributed by atoms with E-state index >= 15 is 0 Å². The molecule has 16 heavy (non-hydrogen) atoms. The van der Waals surface area contributed by atoms with Crippen LogP contribution in [0.15, 0.2) is 0 Å². The van der Waals surface area contributed by atoms with Gasteiger partial charge in [0.25, 0.3) is 0 Å². The zero-order valence-electron chi connectivity index (χ0n) is 9.98. The van der Waals surface area contributed by atoms with Crippen molar-refractivity contribution in [1.29, 1.82) is 0 Å². The van der Waals surface area contributed by atoms with Crippen LogP contribution in [0.4, 0.5) is 0 Å². The van der Waals surface area contributed by atoms with Crippen molar-refractivity contribution >= 4 is 5.97 Å². The van der Waals surface area contributed by atoms with Crippen molar-refractivity contribution in [2.75, 3.05) is 19.6 Å². The number of piperidine rings is 1. The third-order valence-corrected chi connectivity index (χ3v) is 4.06. The molecule has 2 aliphatic rings. The summed E-state index contributed by atoms with van der Waals surface area (Å²) in [5.74, 6) is -0.0434. The summed E-state index contributed by atoms with van der Waals surface area (Å²) in [7, 11) is 0. The van der Waals surface area contributed by atoms with E-state index < -0.39 is 5.97 Å². The molecule has 2 fully saturated rings. The second-order valence-electron chi connectivity index (χ2n) is 5.11. The number of likely N-dealkylation sites (tertiary alicyclic amines) is 1. The van der Waals surface area contributed by atoms with Crippen LogP contribution in [0.5, 0.6) is 0 Å². The predicted molar refractivity (Wildman–Crippen MR) is 62.4 cm³/mol. The molecular formula is C12H22N2O2. The maximum atomic E-state index is 11.0. The summed E-state index contributed by atoms with van der Waals surface area (Å²) in [6.07, 6.45) is 4.93. The molecule has 2 rings (SSSR count). The largest absolute Gasteiger partial charge is 0.480 e. The molecule has 92 valence electrons. The number of hydrogen-bond acceptors (Lipinski definition) is 3. The lowest BCUT2D eigenvalue weighted by Gasteiger charge is -2.37. The molecule has 3 atom stereocenters. The number of carboxylic acid groups (broad SMARTS) is 1. The van der Waals surface area contributed by atoms with Crippen molar-refractivity contribution in [3.63, 3.8) is 0 Å². The van der Waals surface area contributed by atoms with Gasteiger partial charge < -0.3 is 10.4 Å². The van der Waals surface area contributed by atoms with Gasteiger partial charge in [0.15, 0.2) is 0 Å². The fraction of sp³-hybridized carbons (Fsp3) is 0.917. The van der Waals surface area contributed by atoms with Gasteiger partial charge in [0, 0.05) is 12.6 Å². The highest BCUT2D eigenvalue weighted by Crippen LogP contribution is 2.25. The molecule has 0 saturated carbocycles. The third-order valence-electron chi connectivity index (χ3n) is 4.06. The van der Waals surface area contributed by atoms with Crippen molar-refractivity contribution in [1.82, 2.24) is 10.2 Å². The Kier molecular flexibility index (Phi) is 3.82. The summed E-state index contributed by atoms with van der Waals surface area (Å²) < 4.78 is 0. The summed E-state index contributed by atoms with van der Waals surface area (Å²) in [6.45, 7) is 4.82. The van der Waals surface area contributed by atoms with Crippen LogP contribution >= 0.6 is 0 Å². The monoisotopic (exact) mass is 226 g/mol. The van der Waals surface area contributed by atoms with Crippen molar-refractivity contribution in [2.45, 2.75) is 44.7 Å². The Morgan fingerprint density at radius 2 is 2.25 bits per heavy atom. The molecule has 0 spiro atoms. The van der Waals surface area contributed by atoms with Gasteiger partial charge >= 0.3 is 5.97 Å². The number of rotatable bonds is 3. The fourth-order valence-electron chi connectivity index (χ4n) is 2.99. The quantitative estimate of drug-likeness (QED) is 0.751. The van der Waals surface area contributed by atoms with Gasteiger partial charge in [-0.1, -0.05) is 0 Å². The van der Waals surface area contributed by atoms with Crippen LogP contribution in [0.1, 0.15) is 32.6 Å². The first-order valence-electron chi connectivity index (χ1n) is 6.38. The van der Waals surface area contributed by atoms with Gasteiger partial charge in [-0.05, 0) is 51.6 Å². The standard InChI is InChI=1S/C12H22N2O2/c1-9(12(15)16)14-7-3-4-10(8-14)11-5-2-6-13-11/h9-11,13H,2-8H2,1H3,(H,15,16). The first-order valence-corrected chi connectivity index (χ1v) is 6.38. The Hall–Kier alpha value is -0.610. The minimum atomic E-state index is -0.694. The van der Waals surface area contributed by atoms with E-state index in [4.69, 9.17) is 5.11 Å². The van der Waals surface area contributed by atoms with Gasteiger partial charge in [0.05, 0.1) is 0 Å². The molecule has 0 amide bonds. The van der Waals surface area contributed by atoms with Crippen LogP contribution in [0, 0.1) is 5.92 Å². The van der Waals surface area contributed by atoms with Gasteiger partial charge in [-0.2, -0.15) is 0 Å². The maximum Gasteiger partial charge on any atom is 0.320 e. The highest BCUT2D eigenvalue weighted by Gasteiger charge is 2.32. The third kappa shape index (κ3) is 2.55. The molecule has 4 heteroatoms. The topological polar surface area (TPSA) is 52.6 Å². The molecule has 0 aromatic heterocycles. The van der Waals surface area contributed by atoms with Gasteiger partial charge in [-0.15, -0.1) is 0 Å². The van der Waals surface area contributed by atoms with E-state index in [-0.39, 0.29) is 6.04 Å². The van der Waals surface area contributed by atoms with Crippen LogP contribution in [-0.4, -0.2) is 47.7 Å². The van der Waals surface area contributed by atoms with Gasteiger partial charge in [0.2, 0.25) is 0 Å². The van der Waals surface area contributed by atoms with E-state index in [9.17, 15) is 4.79 Å². The fourth-order valence-corrected chi connectivity index (χ4v) is 2.99. The molecule has 0 aromatic rings. The Bertz CT molecular complexity index is 251. The molecule has 0 aliphatic carbocycles. The zero-order chi connectivity index (χ0) is 11.5. The van der Waals surface area contributed by atoms with Gasteiger partial charge in [-0.3, -0.25) is 9.69 Å². The van der Waals surface area contributed by atoms with E-state index in [1.165, 1.54) is 19.3 Å². The lowest BCUT2D eigenvalue weighted by Crippen LogP contribution is -2.49. The van der Waals surface area contributed by atoms with Crippen LogP contribution in [0.3, 0.4) is 0 Å². The lowest BCUT2D eigenvalue weighted by molar-refractivity contribution is -0.143. The summed E-state index contributed by atoms with van der Waals surface area (Å²) >= 11 is 0. The molecular weight excluding hydrogens is 204 g/mol. The SMILES string of the molecule is CC(C(=O)O)N1CCCC(C2CCCN2)C1. The normalized spacial score (nSPS) is 33.8. The minimum Gasteiger partial charge on any atom is -0.480 e. The second kappa shape index (κ2) is 5.15. The van der Waals surface area contributed by atoms with Gasteiger partial charge in [-0.25, -0.2) is 0 Å². The highest BCUT2D eigenvalue weighted by atomic mass is 16.4. The average Bonchev–Trinajstić information content (AvgIpc) is 2.81. The molecule has 0 radical (unpaired) electrons. The molecule has 3 unspecified atom stereocenters. The first kappa shape index (κ1) is 11.9. The van der Waals surface area contributed by atoms with Crippen molar-refractivity contribution in [3.05, 3.63) is 0 Å². The molecule has 0 aromatic carbocycles. The number of aliphatic carboxylic acids is 1. The van der Waals surface area contributed by atoms with E-state index in [2.05, 4.69) is 10.2 Å². The number of nitrogens with one attached hydrogen (secondary N) is 1. The van der Waals surface area contributed by atoms with E-state index in [1.807, 2.05) is 0 Å². The lowest BCUT2D eigenvalue weighted by atomic mass is 9.89. The Morgan fingerprint density at radius 1 is 1.44 bits per heavy atom. The summed E-state index contributed by atoms with van der Waals surface area (Å²) in [5.41, 5.74) is 0. The van der Waals surface area contributed by atoms with E-state index in [1.54, 1.807) is 6.92 Å². The Balaban J connectivity index is 1.90. The van der Waals surface area contributed by atoms with Crippen molar-refractivity contribution < 1.29 is 9.90 Å². The van der Waals surface area contributed by atoms with Gasteiger partial charge in [0.1, 0.15) is 6.04 Å².